The van der Waals surface area contributed by atoms with Gasteiger partial charge in [-0.3, -0.25) is 13.9 Å². The summed E-state index contributed by atoms with van der Waals surface area (Å²) in [6.45, 7) is 6.10. The molecule has 5 atom stereocenters. The van der Waals surface area contributed by atoms with Gasteiger partial charge in [-0.15, -0.1) is 0 Å². The summed E-state index contributed by atoms with van der Waals surface area (Å²) in [7, 11) is -3.70. The molecule has 210 valence electrons. The van der Waals surface area contributed by atoms with Gasteiger partial charge in [0.15, 0.2) is 11.3 Å². The van der Waals surface area contributed by atoms with Gasteiger partial charge in [-0.1, -0.05) is 42.1 Å². The summed E-state index contributed by atoms with van der Waals surface area (Å²) in [6, 6.07) is 10.8. The fourth-order valence-electron chi connectivity index (χ4n) is 3.85. The van der Waals surface area contributed by atoms with Crippen molar-refractivity contribution in [3.05, 3.63) is 64.3 Å². The maximum atomic E-state index is 13.9. The fraction of sp³-hybridized carbons (Fsp3) is 0.560. The smallest absolute Gasteiger partial charge is 0.349 e. The lowest BCUT2D eigenvalue weighted by atomic mass is 9.97. The quantitative estimate of drug-likeness (QED) is 0.218. The average molecular weight is 570 g/mol. The van der Waals surface area contributed by atoms with Crippen LogP contribution in [0.15, 0.2) is 47.4 Å². The standard InChI is InChI=1S/C25H36N3O8PS/c1-17-10-11-28(23(32)27-17)21-25(4,33)20(30)19(36-21)15-37(34,26-14-18-8-6-5-7-9-18)35-12-13-38-22(31)24(2,3)16-29/h5-11,19-21,29-30,33H,12-16H2,1-4H3,(H,26,34)/t19-,20-,21-,25-,37?/m1/s1. The third-order valence-electron chi connectivity index (χ3n) is 6.33. The van der Waals surface area contributed by atoms with Crippen molar-refractivity contribution < 1.29 is 33.9 Å². The maximum Gasteiger partial charge on any atom is 0.349 e. The zero-order valence-corrected chi connectivity index (χ0v) is 23.7. The third kappa shape index (κ3) is 7.40. The van der Waals surface area contributed by atoms with E-state index in [1.54, 1.807) is 26.8 Å². The van der Waals surface area contributed by atoms with Crippen molar-refractivity contribution in [2.45, 2.75) is 58.3 Å². The third-order valence-corrected chi connectivity index (χ3v) is 9.59. The molecule has 0 radical (unpaired) electrons. The van der Waals surface area contributed by atoms with Crippen molar-refractivity contribution >= 4 is 24.4 Å². The van der Waals surface area contributed by atoms with Gasteiger partial charge in [-0.2, -0.15) is 4.98 Å². The van der Waals surface area contributed by atoms with E-state index in [1.807, 2.05) is 30.3 Å². The molecule has 1 aromatic heterocycles. The second-order valence-electron chi connectivity index (χ2n) is 10.1. The van der Waals surface area contributed by atoms with E-state index in [4.69, 9.17) is 9.26 Å². The summed E-state index contributed by atoms with van der Waals surface area (Å²) in [4.78, 5) is 28.6. The number of hydrogen-bond donors (Lipinski definition) is 4. The minimum absolute atomic E-state index is 0.0546. The molecule has 0 amide bonds. The van der Waals surface area contributed by atoms with Gasteiger partial charge in [0, 0.05) is 24.2 Å². The van der Waals surface area contributed by atoms with E-state index < -0.39 is 42.7 Å². The average Bonchev–Trinajstić information content (AvgIpc) is 3.09. The molecule has 38 heavy (non-hydrogen) atoms. The Morgan fingerprint density at radius 3 is 2.63 bits per heavy atom. The first-order valence-corrected chi connectivity index (χ1v) is 15.0. The lowest BCUT2D eigenvalue weighted by Crippen LogP contribution is -2.46. The number of nitrogens with one attached hydrogen (secondary N) is 1. The highest BCUT2D eigenvalue weighted by Gasteiger charge is 2.55. The van der Waals surface area contributed by atoms with E-state index in [1.165, 1.54) is 13.1 Å². The van der Waals surface area contributed by atoms with Crippen molar-refractivity contribution in [1.29, 1.82) is 0 Å². The zero-order chi connectivity index (χ0) is 28.1. The summed E-state index contributed by atoms with van der Waals surface area (Å²) >= 11 is 0.968. The lowest BCUT2D eigenvalue weighted by Gasteiger charge is -2.27. The molecule has 2 heterocycles. The predicted octanol–water partition coefficient (Wildman–Crippen LogP) is 1.84. The molecule has 0 saturated carbocycles. The van der Waals surface area contributed by atoms with Crippen molar-refractivity contribution in [3.63, 3.8) is 0 Å². The Balaban J connectivity index is 1.75. The van der Waals surface area contributed by atoms with E-state index in [0.29, 0.717) is 5.69 Å². The second kappa shape index (κ2) is 12.5. The molecule has 0 aliphatic carbocycles. The largest absolute Gasteiger partial charge is 0.395 e. The van der Waals surface area contributed by atoms with E-state index in [9.17, 15) is 29.5 Å². The second-order valence-corrected chi connectivity index (χ2v) is 13.5. The number of ether oxygens (including phenoxy) is 1. The molecule has 4 N–H and O–H groups in total. The van der Waals surface area contributed by atoms with Crippen molar-refractivity contribution in [3.8, 4) is 0 Å². The number of nitrogens with zero attached hydrogens (tertiary/aromatic N) is 2. The summed E-state index contributed by atoms with van der Waals surface area (Å²) < 4.78 is 26.7. The number of hydrogen-bond acceptors (Lipinski definition) is 10. The molecule has 11 nitrogen and oxygen atoms in total. The van der Waals surface area contributed by atoms with Crippen LogP contribution in [-0.4, -0.2) is 72.9 Å². The van der Waals surface area contributed by atoms with E-state index >= 15 is 0 Å². The highest BCUT2D eigenvalue weighted by molar-refractivity contribution is 8.13. The number of rotatable bonds is 12. The highest BCUT2D eigenvalue weighted by Crippen LogP contribution is 2.48. The number of carbonyl (C=O) groups is 1. The Labute approximate surface area is 226 Å². The van der Waals surface area contributed by atoms with Gasteiger partial charge in [-0.05, 0) is 39.3 Å². The Kier molecular flexibility index (Phi) is 10.1. The van der Waals surface area contributed by atoms with Crippen LogP contribution in [0, 0.1) is 12.3 Å². The SMILES string of the molecule is Cc1ccn([C@@H]2O[C@H](CP(=O)(NCc3ccccc3)OCCSC(=O)C(C)(C)CO)[C@@H](O)[C@@]2(C)O)c(=O)n1. The summed E-state index contributed by atoms with van der Waals surface area (Å²) in [5.41, 5.74) is -2.11. The molecule has 0 spiro atoms. The lowest BCUT2D eigenvalue weighted by molar-refractivity contribution is -0.119. The van der Waals surface area contributed by atoms with Crippen molar-refractivity contribution in [1.82, 2.24) is 14.6 Å². The molecular weight excluding hydrogens is 533 g/mol. The summed E-state index contributed by atoms with van der Waals surface area (Å²) in [6.07, 6.45) is -2.77. The number of aliphatic hydroxyl groups is 3. The molecule has 13 heteroatoms. The number of benzene rings is 1. The van der Waals surface area contributed by atoms with Gasteiger partial charge in [0.1, 0.15) is 11.7 Å². The van der Waals surface area contributed by atoms with E-state index in [-0.39, 0.29) is 36.8 Å². The number of thioether (sulfide) groups is 1. The van der Waals surface area contributed by atoms with Crippen LogP contribution in [0.25, 0.3) is 0 Å². The van der Waals surface area contributed by atoms with Gasteiger partial charge < -0.3 is 24.6 Å². The first-order chi connectivity index (χ1) is 17.8. The van der Waals surface area contributed by atoms with Crippen LogP contribution in [0.4, 0.5) is 0 Å². The van der Waals surface area contributed by atoms with Gasteiger partial charge >= 0.3 is 5.69 Å². The van der Waals surface area contributed by atoms with Crippen LogP contribution < -0.4 is 10.8 Å². The first kappa shape index (κ1) is 30.6. The van der Waals surface area contributed by atoms with Crippen LogP contribution in [0.5, 0.6) is 0 Å². The normalized spacial score (nSPS) is 25.3. The van der Waals surface area contributed by atoms with Crippen LogP contribution in [0.1, 0.15) is 38.3 Å². The fourth-order valence-corrected chi connectivity index (χ4v) is 6.68. The van der Waals surface area contributed by atoms with Gasteiger partial charge in [-0.25, -0.2) is 9.88 Å². The molecule has 1 fully saturated rings. The molecule has 3 rings (SSSR count). The predicted molar refractivity (Wildman–Crippen MR) is 144 cm³/mol. The van der Waals surface area contributed by atoms with Crippen molar-refractivity contribution in [2.75, 3.05) is 25.1 Å². The van der Waals surface area contributed by atoms with Crippen molar-refractivity contribution in [2.24, 2.45) is 5.41 Å². The highest BCUT2D eigenvalue weighted by atomic mass is 32.2. The Hall–Kier alpha value is -1.89. The Morgan fingerprint density at radius 1 is 1.32 bits per heavy atom. The Morgan fingerprint density at radius 2 is 2.00 bits per heavy atom. The molecule has 1 unspecified atom stereocenters. The number of aliphatic hydroxyl groups excluding tert-OH is 2. The van der Waals surface area contributed by atoms with E-state index in [0.717, 1.165) is 21.9 Å². The van der Waals surface area contributed by atoms with Crippen LogP contribution in [0.2, 0.25) is 0 Å². The molecule has 1 aliphatic rings. The summed E-state index contributed by atoms with van der Waals surface area (Å²) in [5, 5.41) is 34.1. The molecule has 1 aliphatic heterocycles. The minimum atomic E-state index is -3.70. The van der Waals surface area contributed by atoms with Crippen LogP contribution in [0.3, 0.4) is 0 Å². The minimum Gasteiger partial charge on any atom is -0.395 e. The molecule has 2 aromatic rings. The molecular formula is C25H36N3O8PS. The number of aromatic nitrogens is 2. The van der Waals surface area contributed by atoms with Gasteiger partial charge in [0.05, 0.1) is 30.9 Å². The van der Waals surface area contributed by atoms with E-state index in [2.05, 4.69) is 10.1 Å². The van der Waals surface area contributed by atoms with Crippen LogP contribution in [-0.2, 0) is 25.2 Å². The van der Waals surface area contributed by atoms with Gasteiger partial charge in [0.2, 0.25) is 0 Å². The zero-order valence-electron chi connectivity index (χ0n) is 21.9. The molecule has 0 bridgehead atoms. The van der Waals surface area contributed by atoms with Crippen LogP contribution >= 0.6 is 19.3 Å². The molecule has 1 aromatic carbocycles. The molecule has 1 saturated heterocycles. The monoisotopic (exact) mass is 569 g/mol. The first-order valence-electron chi connectivity index (χ1n) is 12.2. The Bertz CT molecular complexity index is 1210. The number of aryl methyl sites for hydroxylation is 1. The summed E-state index contributed by atoms with van der Waals surface area (Å²) in [5.74, 6) is 0.193. The topological polar surface area (TPSA) is 160 Å². The van der Waals surface area contributed by atoms with Gasteiger partial charge in [0.25, 0.3) is 7.52 Å². The number of carbonyl (C=O) groups excluding carboxylic acids is 1. The maximum absolute atomic E-state index is 13.9.